The Morgan fingerprint density at radius 2 is 0.895 bits per heavy atom. The topological polar surface area (TPSA) is 59.0 Å². The van der Waals surface area contributed by atoms with Crippen LogP contribution in [0, 0.1) is 0 Å². The van der Waals surface area contributed by atoms with Crippen molar-refractivity contribution < 1.29 is 18.5 Å². The molecule has 0 spiro atoms. The maximum atomic E-state index is 11.8. The van der Waals surface area contributed by atoms with Gasteiger partial charge in [-0.15, -0.1) is 0 Å². The Kier molecular flexibility index (Phi) is 28.6. The third-order valence-electron chi connectivity index (χ3n) is 7.81. The van der Waals surface area contributed by atoms with Gasteiger partial charge in [0.25, 0.3) is 0 Å². The number of phosphoric acid groups is 1. The van der Waals surface area contributed by atoms with E-state index in [0.717, 1.165) is 31.7 Å². The van der Waals surface area contributed by atoms with Crippen LogP contribution in [0.1, 0.15) is 174 Å². The first-order valence-electron chi connectivity index (χ1n) is 16.7. The molecule has 1 aliphatic carbocycles. The Labute approximate surface area is 238 Å². The van der Waals surface area contributed by atoms with E-state index in [1.54, 1.807) is 0 Å². The zero-order valence-electron chi connectivity index (χ0n) is 26.2. The van der Waals surface area contributed by atoms with Crippen molar-refractivity contribution in [2.75, 3.05) is 27.3 Å². The van der Waals surface area contributed by atoms with Gasteiger partial charge >= 0.3 is 7.82 Å². The minimum Gasteiger partial charge on any atom is -0.306 e. The molecular weight excluding hydrogens is 493 g/mol. The van der Waals surface area contributed by atoms with E-state index in [4.69, 9.17) is 9.05 Å². The second kappa shape index (κ2) is 28.6. The van der Waals surface area contributed by atoms with Crippen LogP contribution in [0.3, 0.4) is 0 Å². The monoisotopic (exact) mass is 561 g/mol. The van der Waals surface area contributed by atoms with Gasteiger partial charge in [-0.25, -0.2) is 4.57 Å². The molecule has 0 bridgehead atoms. The molecule has 0 aromatic rings. The molecule has 0 saturated heterocycles. The SMILES string of the molecule is CCCCCCCCCCCCOP(=O)(O)OCCCCCCCCCCCC.CN(C)C1CCCCC1. The fraction of sp³-hybridized carbons (Fsp3) is 1.00. The van der Waals surface area contributed by atoms with Gasteiger partial charge in [-0.05, 0) is 39.8 Å². The standard InChI is InChI=1S/C24H51O4P.C8H17N/c1-3-5-7-9-11-13-15-17-19-21-23-27-29(25,26)28-24-22-20-18-16-14-12-10-8-6-4-2;1-9(2)8-6-4-3-5-7-8/h3-24H2,1-2H3,(H,25,26);8H,3-7H2,1-2H3. The normalized spacial score (nSPS) is 14.6. The van der Waals surface area contributed by atoms with Gasteiger partial charge in [-0.2, -0.15) is 0 Å². The average Bonchev–Trinajstić information content (AvgIpc) is 2.91. The summed E-state index contributed by atoms with van der Waals surface area (Å²) in [5.41, 5.74) is 0. The summed E-state index contributed by atoms with van der Waals surface area (Å²) in [6.45, 7) is 5.14. The minimum atomic E-state index is -3.85. The highest BCUT2D eigenvalue weighted by molar-refractivity contribution is 7.47. The summed E-state index contributed by atoms with van der Waals surface area (Å²) in [5, 5.41) is 0. The Bertz CT molecular complexity index is 482. The van der Waals surface area contributed by atoms with Crippen LogP contribution in [0.4, 0.5) is 0 Å². The van der Waals surface area contributed by atoms with Crippen molar-refractivity contribution in [1.82, 2.24) is 4.90 Å². The summed E-state index contributed by atoms with van der Waals surface area (Å²) in [4.78, 5) is 12.1. The van der Waals surface area contributed by atoms with Crippen molar-refractivity contribution in [3.63, 3.8) is 0 Å². The second-order valence-electron chi connectivity index (χ2n) is 11.8. The quantitative estimate of drug-likeness (QED) is 0.0887. The number of hydrogen-bond donors (Lipinski definition) is 1. The summed E-state index contributed by atoms with van der Waals surface area (Å²) < 4.78 is 22.0. The van der Waals surface area contributed by atoms with E-state index >= 15 is 0 Å². The summed E-state index contributed by atoms with van der Waals surface area (Å²) in [5.74, 6) is 0. The van der Waals surface area contributed by atoms with Gasteiger partial charge in [0.2, 0.25) is 0 Å². The minimum absolute atomic E-state index is 0.322. The van der Waals surface area contributed by atoms with Crippen molar-refractivity contribution in [2.45, 2.75) is 180 Å². The molecule has 5 nitrogen and oxygen atoms in total. The lowest BCUT2D eigenvalue weighted by Crippen LogP contribution is -2.29. The summed E-state index contributed by atoms with van der Waals surface area (Å²) in [6, 6.07) is 0.888. The van der Waals surface area contributed by atoms with Gasteiger partial charge in [-0.3, -0.25) is 9.05 Å². The number of rotatable bonds is 25. The molecule has 0 atom stereocenters. The lowest BCUT2D eigenvalue weighted by molar-refractivity contribution is 0.145. The van der Waals surface area contributed by atoms with Crippen LogP contribution in [0.2, 0.25) is 0 Å². The zero-order valence-corrected chi connectivity index (χ0v) is 27.1. The van der Waals surface area contributed by atoms with Crippen molar-refractivity contribution in [3.05, 3.63) is 0 Å². The zero-order chi connectivity index (χ0) is 28.2. The van der Waals surface area contributed by atoms with Crippen molar-refractivity contribution >= 4 is 7.82 Å². The van der Waals surface area contributed by atoms with Gasteiger partial charge < -0.3 is 9.79 Å². The van der Waals surface area contributed by atoms with E-state index in [9.17, 15) is 9.46 Å². The number of phosphoric ester groups is 1. The molecule has 1 saturated carbocycles. The molecule has 1 aliphatic rings. The first-order chi connectivity index (χ1) is 18.4. The largest absolute Gasteiger partial charge is 0.472 e. The van der Waals surface area contributed by atoms with Crippen LogP contribution in [0.15, 0.2) is 0 Å². The molecule has 1 N–H and O–H groups in total. The van der Waals surface area contributed by atoms with Crippen molar-refractivity contribution in [3.8, 4) is 0 Å². The fourth-order valence-electron chi connectivity index (χ4n) is 5.17. The van der Waals surface area contributed by atoms with Crippen LogP contribution in [-0.4, -0.2) is 43.1 Å². The Balaban J connectivity index is 0.00000127. The highest BCUT2D eigenvalue weighted by Gasteiger charge is 2.20. The molecule has 230 valence electrons. The molecule has 6 heteroatoms. The van der Waals surface area contributed by atoms with Crippen molar-refractivity contribution in [2.24, 2.45) is 0 Å². The summed E-state index contributed by atoms with van der Waals surface area (Å²) in [6.07, 6.45) is 32.0. The predicted molar refractivity (Wildman–Crippen MR) is 166 cm³/mol. The van der Waals surface area contributed by atoms with E-state index < -0.39 is 7.82 Å². The molecule has 0 aliphatic heterocycles. The van der Waals surface area contributed by atoms with Crippen LogP contribution < -0.4 is 0 Å². The molecule has 0 heterocycles. The Morgan fingerprint density at radius 3 is 1.18 bits per heavy atom. The van der Waals surface area contributed by atoms with E-state index in [1.165, 1.54) is 135 Å². The maximum Gasteiger partial charge on any atom is 0.472 e. The Morgan fingerprint density at radius 1 is 0.579 bits per heavy atom. The first kappa shape index (κ1) is 38.1. The third kappa shape index (κ3) is 27.6. The van der Waals surface area contributed by atoms with Gasteiger partial charge in [0.1, 0.15) is 0 Å². The molecular formula is C32H68NO4P. The summed E-state index contributed by atoms with van der Waals surface area (Å²) >= 11 is 0. The van der Waals surface area contributed by atoms with Gasteiger partial charge in [0.05, 0.1) is 13.2 Å². The smallest absolute Gasteiger partial charge is 0.306 e. The van der Waals surface area contributed by atoms with E-state index in [2.05, 4.69) is 32.8 Å². The molecule has 1 rings (SSSR count). The molecule has 38 heavy (non-hydrogen) atoms. The predicted octanol–water partition coefficient (Wildman–Crippen LogP) is 10.8. The molecule has 0 aromatic carbocycles. The molecule has 0 aromatic heterocycles. The van der Waals surface area contributed by atoms with Crippen LogP contribution in [-0.2, 0) is 13.6 Å². The van der Waals surface area contributed by atoms with Gasteiger partial charge in [0.15, 0.2) is 0 Å². The lowest BCUT2D eigenvalue weighted by atomic mass is 9.95. The second-order valence-corrected chi connectivity index (χ2v) is 13.2. The third-order valence-corrected chi connectivity index (χ3v) is 8.83. The van der Waals surface area contributed by atoms with Crippen LogP contribution in [0.25, 0.3) is 0 Å². The van der Waals surface area contributed by atoms with Gasteiger partial charge in [-0.1, -0.05) is 149 Å². The van der Waals surface area contributed by atoms with E-state index in [1.807, 2.05) is 0 Å². The van der Waals surface area contributed by atoms with Crippen LogP contribution in [0.5, 0.6) is 0 Å². The molecule has 0 radical (unpaired) electrons. The first-order valence-corrected chi connectivity index (χ1v) is 18.2. The molecule has 1 fully saturated rings. The summed E-state index contributed by atoms with van der Waals surface area (Å²) in [7, 11) is 0.534. The number of unbranched alkanes of at least 4 members (excludes halogenated alkanes) is 18. The van der Waals surface area contributed by atoms with Gasteiger partial charge in [0, 0.05) is 6.04 Å². The Hall–Kier alpha value is 0.0700. The fourth-order valence-corrected chi connectivity index (χ4v) is 5.97. The number of nitrogens with zero attached hydrogens (tertiary/aromatic N) is 1. The lowest BCUT2D eigenvalue weighted by Gasteiger charge is -2.27. The molecule has 0 amide bonds. The van der Waals surface area contributed by atoms with E-state index in [-0.39, 0.29) is 0 Å². The van der Waals surface area contributed by atoms with E-state index in [0.29, 0.717) is 13.2 Å². The molecule has 0 unspecified atom stereocenters. The number of hydrogen-bond acceptors (Lipinski definition) is 4. The van der Waals surface area contributed by atoms with Crippen molar-refractivity contribution in [1.29, 1.82) is 0 Å². The average molecular weight is 562 g/mol. The maximum absolute atomic E-state index is 11.8. The highest BCUT2D eigenvalue weighted by atomic mass is 31.2. The highest BCUT2D eigenvalue weighted by Crippen LogP contribution is 2.43. The van der Waals surface area contributed by atoms with Crippen LogP contribution >= 0.6 is 7.82 Å².